The summed E-state index contributed by atoms with van der Waals surface area (Å²) in [5.74, 6) is -0.573. The first-order valence-corrected chi connectivity index (χ1v) is 7.08. The zero-order valence-electron chi connectivity index (χ0n) is 13.0. The number of aryl methyl sites for hydroxylation is 2. The minimum atomic E-state index is -4.43. The third kappa shape index (κ3) is 4.90. The molecule has 2 rings (SSSR count). The number of hydrogen-bond donors (Lipinski definition) is 1. The molecule has 9 heteroatoms. The second kappa shape index (κ2) is 7.24. The Morgan fingerprint density at radius 2 is 2.04 bits per heavy atom. The van der Waals surface area contributed by atoms with Crippen LogP contribution in [0.4, 0.5) is 18.9 Å². The average molecular weight is 340 g/mol. The Morgan fingerprint density at radius 1 is 1.29 bits per heavy atom. The number of amides is 1. The summed E-state index contributed by atoms with van der Waals surface area (Å²) in [6, 6.07) is 4.28. The quantitative estimate of drug-likeness (QED) is 0.905. The van der Waals surface area contributed by atoms with Gasteiger partial charge >= 0.3 is 6.18 Å². The van der Waals surface area contributed by atoms with E-state index < -0.39 is 18.7 Å². The van der Waals surface area contributed by atoms with Crippen molar-refractivity contribution < 1.29 is 22.7 Å². The monoisotopic (exact) mass is 340 g/mol. The van der Waals surface area contributed by atoms with Gasteiger partial charge in [0.05, 0.1) is 28.8 Å². The molecule has 0 aliphatic heterocycles. The molecule has 0 saturated carbocycles. The third-order valence-electron chi connectivity index (χ3n) is 2.95. The normalized spacial score (nSPS) is 11.2. The SMILES string of the molecule is CCc1nnc(C)cc1C(=O)Nc1ccc(OCC(F)(F)F)nc1. The van der Waals surface area contributed by atoms with Crippen molar-refractivity contribution in [3.8, 4) is 5.88 Å². The van der Waals surface area contributed by atoms with Crippen LogP contribution in [0.3, 0.4) is 0 Å². The van der Waals surface area contributed by atoms with E-state index in [0.29, 0.717) is 29.1 Å². The first kappa shape index (κ1) is 17.6. The van der Waals surface area contributed by atoms with Crippen molar-refractivity contribution in [3.05, 3.63) is 41.3 Å². The number of hydrogen-bond acceptors (Lipinski definition) is 5. The second-order valence-corrected chi connectivity index (χ2v) is 4.94. The predicted octanol–water partition coefficient (Wildman–Crippen LogP) is 2.94. The van der Waals surface area contributed by atoms with Crippen LogP contribution in [0.5, 0.6) is 5.88 Å². The molecule has 128 valence electrons. The van der Waals surface area contributed by atoms with Crippen LogP contribution in [0.2, 0.25) is 0 Å². The van der Waals surface area contributed by atoms with Crippen LogP contribution in [-0.4, -0.2) is 33.9 Å². The summed E-state index contributed by atoms with van der Waals surface area (Å²) in [5, 5.41) is 10.5. The van der Waals surface area contributed by atoms with E-state index in [0.717, 1.165) is 0 Å². The van der Waals surface area contributed by atoms with E-state index in [9.17, 15) is 18.0 Å². The Kier molecular flexibility index (Phi) is 5.32. The van der Waals surface area contributed by atoms with Crippen molar-refractivity contribution >= 4 is 11.6 Å². The van der Waals surface area contributed by atoms with E-state index in [1.807, 2.05) is 6.92 Å². The lowest BCUT2D eigenvalue weighted by Gasteiger charge is -2.10. The third-order valence-corrected chi connectivity index (χ3v) is 2.95. The van der Waals surface area contributed by atoms with Gasteiger partial charge in [-0.1, -0.05) is 6.92 Å². The summed E-state index contributed by atoms with van der Waals surface area (Å²) >= 11 is 0. The van der Waals surface area contributed by atoms with E-state index in [4.69, 9.17) is 0 Å². The van der Waals surface area contributed by atoms with Gasteiger partial charge in [-0.05, 0) is 25.5 Å². The summed E-state index contributed by atoms with van der Waals surface area (Å²) in [4.78, 5) is 16.0. The highest BCUT2D eigenvalue weighted by molar-refractivity contribution is 6.05. The molecule has 2 aromatic rings. The summed E-state index contributed by atoms with van der Waals surface area (Å²) < 4.78 is 40.7. The topological polar surface area (TPSA) is 77.0 Å². The van der Waals surface area contributed by atoms with E-state index in [2.05, 4.69) is 25.2 Å². The molecule has 2 heterocycles. The molecule has 0 bridgehead atoms. The highest BCUT2D eigenvalue weighted by Gasteiger charge is 2.28. The van der Waals surface area contributed by atoms with Gasteiger partial charge < -0.3 is 10.1 Å². The number of nitrogens with one attached hydrogen (secondary N) is 1. The Morgan fingerprint density at radius 3 is 2.62 bits per heavy atom. The van der Waals surface area contributed by atoms with Gasteiger partial charge in [0.15, 0.2) is 6.61 Å². The number of alkyl halides is 3. The van der Waals surface area contributed by atoms with Crippen LogP contribution in [0.15, 0.2) is 24.4 Å². The van der Waals surface area contributed by atoms with Gasteiger partial charge in [-0.2, -0.15) is 23.4 Å². The lowest BCUT2D eigenvalue weighted by molar-refractivity contribution is -0.154. The van der Waals surface area contributed by atoms with Crippen LogP contribution < -0.4 is 10.1 Å². The van der Waals surface area contributed by atoms with E-state index >= 15 is 0 Å². The molecule has 0 aliphatic carbocycles. The summed E-state index contributed by atoms with van der Waals surface area (Å²) in [6.07, 6.45) is -2.67. The number of pyridine rings is 1. The maximum Gasteiger partial charge on any atom is 0.422 e. The van der Waals surface area contributed by atoms with E-state index in [1.165, 1.54) is 18.3 Å². The molecule has 0 unspecified atom stereocenters. The number of aromatic nitrogens is 3. The molecule has 2 aromatic heterocycles. The molecule has 0 atom stereocenters. The maximum absolute atomic E-state index is 12.3. The smallest absolute Gasteiger partial charge is 0.422 e. The second-order valence-electron chi connectivity index (χ2n) is 4.94. The number of rotatable bonds is 5. The van der Waals surface area contributed by atoms with Crippen molar-refractivity contribution in [2.45, 2.75) is 26.4 Å². The average Bonchev–Trinajstić information content (AvgIpc) is 2.53. The summed E-state index contributed by atoms with van der Waals surface area (Å²) in [7, 11) is 0. The van der Waals surface area contributed by atoms with E-state index in [-0.39, 0.29) is 5.88 Å². The fourth-order valence-corrected chi connectivity index (χ4v) is 1.87. The largest absolute Gasteiger partial charge is 0.468 e. The zero-order chi connectivity index (χ0) is 17.7. The minimum absolute atomic E-state index is 0.180. The summed E-state index contributed by atoms with van der Waals surface area (Å²) in [5.41, 5.74) is 1.88. The Hall–Kier alpha value is -2.71. The lowest BCUT2D eigenvalue weighted by atomic mass is 10.1. The molecule has 0 fully saturated rings. The predicted molar refractivity (Wildman–Crippen MR) is 79.9 cm³/mol. The van der Waals surface area contributed by atoms with Crippen molar-refractivity contribution in [1.29, 1.82) is 0 Å². The Bertz CT molecular complexity index is 718. The first-order chi connectivity index (χ1) is 11.3. The molecular formula is C15H15F3N4O2. The molecule has 0 spiro atoms. The van der Waals surface area contributed by atoms with Gasteiger partial charge in [0, 0.05) is 6.07 Å². The molecule has 1 N–H and O–H groups in total. The lowest BCUT2D eigenvalue weighted by Crippen LogP contribution is -2.19. The number of halogens is 3. The van der Waals surface area contributed by atoms with Crippen LogP contribution in [0.1, 0.15) is 28.7 Å². The molecule has 0 saturated heterocycles. The Labute approximate surface area is 136 Å². The van der Waals surface area contributed by atoms with Crippen molar-refractivity contribution in [3.63, 3.8) is 0 Å². The van der Waals surface area contributed by atoms with Crippen LogP contribution >= 0.6 is 0 Å². The molecule has 1 amide bonds. The van der Waals surface area contributed by atoms with Gasteiger partial charge in [0.1, 0.15) is 0 Å². The van der Waals surface area contributed by atoms with E-state index in [1.54, 1.807) is 13.0 Å². The summed E-state index contributed by atoms with van der Waals surface area (Å²) in [6.45, 7) is 2.15. The molecule has 6 nitrogen and oxygen atoms in total. The van der Waals surface area contributed by atoms with Crippen molar-refractivity contribution in [2.24, 2.45) is 0 Å². The maximum atomic E-state index is 12.3. The minimum Gasteiger partial charge on any atom is -0.468 e. The van der Waals surface area contributed by atoms with Gasteiger partial charge in [-0.15, -0.1) is 0 Å². The highest BCUT2D eigenvalue weighted by atomic mass is 19.4. The van der Waals surface area contributed by atoms with Crippen molar-refractivity contribution in [2.75, 3.05) is 11.9 Å². The van der Waals surface area contributed by atoms with Crippen molar-refractivity contribution in [1.82, 2.24) is 15.2 Å². The van der Waals surface area contributed by atoms with Crippen LogP contribution in [0.25, 0.3) is 0 Å². The van der Waals surface area contributed by atoms with Crippen LogP contribution in [-0.2, 0) is 6.42 Å². The Balaban J connectivity index is 2.06. The standard InChI is InChI=1S/C15H15F3N4O2/c1-3-12-11(6-9(2)21-22-12)14(23)20-10-4-5-13(19-7-10)24-8-15(16,17)18/h4-7H,3,8H2,1-2H3,(H,20,23). The number of carbonyl (C=O) groups excluding carboxylic acids is 1. The number of anilines is 1. The molecule has 0 aliphatic rings. The number of nitrogens with zero attached hydrogens (tertiary/aromatic N) is 3. The molecule has 24 heavy (non-hydrogen) atoms. The zero-order valence-corrected chi connectivity index (χ0v) is 13.0. The first-order valence-electron chi connectivity index (χ1n) is 7.08. The molecule has 0 aromatic carbocycles. The van der Waals surface area contributed by atoms with Gasteiger partial charge in [-0.25, -0.2) is 4.98 Å². The van der Waals surface area contributed by atoms with Gasteiger partial charge in [0.25, 0.3) is 5.91 Å². The van der Waals surface area contributed by atoms with Gasteiger partial charge in [0.2, 0.25) is 5.88 Å². The number of ether oxygens (including phenoxy) is 1. The molecular weight excluding hydrogens is 325 g/mol. The van der Waals surface area contributed by atoms with Crippen LogP contribution in [0, 0.1) is 6.92 Å². The number of carbonyl (C=O) groups is 1. The fourth-order valence-electron chi connectivity index (χ4n) is 1.87. The fraction of sp³-hybridized carbons (Fsp3) is 0.333. The van der Waals surface area contributed by atoms with Gasteiger partial charge in [-0.3, -0.25) is 4.79 Å². The molecule has 0 radical (unpaired) electrons. The highest BCUT2D eigenvalue weighted by Crippen LogP contribution is 2.18.